The van der Waals surface area contributed by atoms with E-state index in [1.54, 1.807) is 0 Å². The Morgan fingerprint density at radius 2 is 1.82 bits per heavy atom. The standard InChI is InChI=1S/C10H20O/c1-8-5-6-9(11-7-8)10(2,3)4/h8-9H,5-7H2,1-4H3/t8-,9-/m0/s1. The maximum absolute atomic E-state index is 5.75. The molecule has 0 aliphatic carbocycles. The molecule has 1 fully saturated rings. The van der Waals surface area contributed by atoms with Crippen LogP contribution in [0.4, 0.5) is 0 Å². The van der Waals surface area contributed by atoms with Crippen LogP contribution in [0.5, 0.6) is 0 Å². The van der Waals surface area contributed by atoms with Crippen LogP contribution in [0.3, 0.4) is 0 Å². The Hall–Kier alpha value is -0.0400. The highest BCUT2D eigenvalue weighted by Gasteiger charge is 2.28. The minimum Gasteiger partial charge on any atom is -0.377 e. The van der Waals surface area contributed by atoms with E-state index in [0.29, 0.717) is 11.5 Å². The molecule has 0 amide bonds. The molecule has 0 aromatic carbocycles. The summed E-state index contributed by atoms with van der Waals surface area (Å²) in [6.45, 7) is 10.00. The van der Waals surface area contributed by atoms with Gasteiger partial charge in [0.2, 0.25) is 0 Å². The summed E-state index contributed by atoms with van der Waals surface area (Å²) in [7, 11) is 0. The minimum absolute atomic E-state index is 0.333. The largest absolute Gasteiger partial charge is 0.377 e. The van der Waals surface area contributed by atoms with E-state index >= 15 is 0 Å². The smallest absolute Gasteiger partial charge is 0.0623 e. The molecule has 1 aliphatic rings. The van der Waals surface area contributed by atoms with Crippen molar-refractivity contribution in [2.45, 2.75) is 46.6 Å². The van der Waals surface area contributed by atoms with Crippen molar-refractivity contribution in [1.82, 2.24) is 0 Å². The van der Waals surface area contributed by atoms with Gasteiger partial charge in [-0.1, -0.05) is 27.7 Å². The van der Waals surface area contributed by atoms with E-state index in [0.717, 1.165) is 12.5 Å². The molecule has 0 aromatic heterocycles. The Morgan fingerprint density at radius 1 is 1.18 bits per heavy atom. The van der Waals surface area contributed by atoms with Crippen LogP contribution in [0.15, 0.2) is 0 Å². The Morgan fingerprint density at radius 3 is 2.18 bits per heavy atom. The summed E-state index contributed by atoms with van der Waals surface area (Å²) in [5, 5.41) is 0. The zero-order valence-electron chi connectivity index (χ0n) is 8.18. The molecule has 2 atom stereocenters. The van der Waals surface area contributed by atoms with Gasteiger partial charge in [0.05, 0.1) is 6.10 Å². The summed E-state index contributed by atoms with van der Waals surface area (Å²) in [5.41, 5.74) is 0.333. The normalized spacial score (nSPS) is 33.8. The van der Waals surface area contributed by atoms with Gasteiger partial charge in [-0.25, -0.2) is 0 Å². The molecule has 0 aromatic rings. The molecule has 1 heteroatoms. The van der Waals surface area contributed by atoms with E-state index in [-0.39, 0.29) is 0 Å². The summed E-state index contributed by atoms with van der Waals surface area (Å²) in [5.74, 6) is 0.772. The van der Waals surface area contributed by atoms with Crippen LogP contribution in [-0.4, -0.2) is 12.7 Å². The summed E-state index contributed by atoms with van der Waals surface area (Å²) in [4.78, 5) is 0. The van der Waals surface area contributed by atoms with Gasteiger partial charge < -0.3 is 4.74 Å². The van der Waals surface area contributed by atoms with Crippen LogP contribution >= 0.6 is 0 Å². The van der Waals surface area contributed by atoms with E-state index in [1.807, 2.05) is 0 Å². The fraction of sp³-hybridized carbons (Fsp3) is 1.00. The van der Waals surface area contributed by atoms with Gasteiger partial charge in [-0.3, -0.25) is 0 Å². The maximum atomic E-state index is 5.75. The highest BCUT2D eigenvalue weighted by atomic mass is 16.5. The average molecular weight is 156 g/mol. The van der Waals surface area contributed by atoms with E-state index in [2.05, 4.69) is 27.7 Å². The van der Waals surface area contributed by atoms with Gasteiger partial charge in [0.15, 0.2) is 0 Å². The van der Waals surface area contributed by atoms with Crippen LogP contribution in [0.25, 0.3) is 0 Å². The van der Waals surface area contributed by atoms with Crippen molar-refractivity contribution in [2.75, 3.05) is 6.61 Å². The van der Waals surface area contributed by atoms with Crippen molar-refractivity contribution in [3.8, 4) is 0 Å². The summed E-state index contributed by atoms with van der Waals surface area (Å²) in [6.07, 6.45) is 3.06. The van der Waals surface area contributed by atoms with E-state index in [9.17, 15) is 0 Å². The zero-order chi connectivity index (χ0) is 8.48. The first kappa shape index (κ1) is 9.05. The van der Waals surface area contributed by atoms with Gasteiger partial charge in [-0.15, -0.1) is 0 Å². The van der Waals surface area contributed by atoms with Crippen molar-refractivity contribution < 1.29 is 4.74 Å². The molecule has 0 saturated carbocycles. The molecular formula is C10H20O. The first-order valence-corrected chi connectivity index (χ1v) is 4.62. The predicted molar refractivity (Wildman–Crippen MR) is 47.6 cm³/mol. The molecule has 1 aliphatic heterocycles. The molecule has 1 nitrogen and oxygen atoms in total. The molecule has 0 radical (unpaired) electrons. The van der Waals surface area contributed by atoms with Crippen LogP contribution in [0.2, 0.25) is 0 Å². The van der Waals surface area contributed by atoms with Crippen LogP contribution in [0, 0.1) is 11.3 Å². The van der Waals surface area contributed by atoms with Crippen molar-refractivity contribution in [2.24, 2.45) is 11.3 Å². The molecule has 1 rings (SSSR count). The lowest BCUT2D eigenvalue weighted by atomic mass is 9.83. The number of ether oxygens (including phenoxy) is 1. The lowest BCUT2D eigenvalue weighted by molar-refractivity contribution is -0.0670. The monoisotopic (exact) mass is 156 g/mol. The minimum atomic E-state index is 0.333. The van der Waals surface area contributed by atoms with E-state index in [4.69, 9.17) is 4.74 Å². The molecule has 11 heavy (non-hydrogen) atoms. The van der Waals surface area contributed by atoms with Crippen LogP contribution in [0.1, 0.15) is 40.5 Å². The Balaban J connectivity index is 2.39. The van der Waals surface area contributed by atoms with E-state index in [1.165, 1.54) is 12.8 Å². The molecule has 0 bridgehead atoms. The van der Waals surface area contributed by atoms with Crippen LogP contribution < -0.4 is 0 Å². The van der Waals surface area contributed by atoms with Gasteiger partial charge in [0, 0.05) is 6.61 Å². The topological polar surface area (TPSA) is 9.23 Å². The van der Waals surface area contributed by atoms with Crippen molar-refractivity contribution >= 4 is 0 Å². The second-order valence-electron chi connectivity index (χ2n) is 4.87. The molecule has 1 saturated heterocycles. The highest BCUT2D eigenvalue weighted by molar-refractivity contribution is 4.78. The fourth-order valence-electron chi connectivity index (χ4n) is 1.57. The van der Waals surface area contributed by atoms with Crippen molar-refractivity contribution in [3.05, 3.63) is 0 Å². The summed E-state index contributed by atoms with van der Waals surface area (Å²) >= 11 is 0. The molecule has 0 unspecified atom stereocenters. The maximum Gasteiger partial charge on any atom is 0.0623 e. The number of hydrogen-bond acceptors (Lipinski definition) is 1. The third-order valence-corrected chi connectivity index (χ3v) is 2.47. The zero-order valence-corrected chi connectivity index (χ0v) is 8.18. The Kier molecular flexibility index (Phi) is 2.58. The lowest BCUT2D eigenvalue weighted by Gasteiger charge is -2.35. The second kappa shape index (κ2) is 3.14. The fourth-order valence-corrected chi connectivity index (χ4v) is 1.57. The summed E-state index contributed by atoms with van der Waals surface area (Å²) < 4.78 is 5.75. The predicted octanol–water partition coefficient (Wildman–Crippen LogP) is 2.85. The third-order valence-electron chi connectivity index (χ3n) is 2.47. The third kappa shape index (κ3) is 2.48. The first-order chi connectivity index (χ1) is 5.00. The van der Waals surface area contributed by atoms with Gasteiger partial charge >= 0.3 is 0 Å². The number of hydrogen-bond donors (Lipinski definition) is 0. The molecule has 66 valence electrons. The van der Waals surface area contributed by atoms with Crippen LogP contribution in [-0.2, 0) is 4.74 Å². The average Bonchev–Trinajstić information content (AvgIpc) is 1.86. The molecule has 0 N–H and O–H groups in total. The molecular weight excluding hydrogens is 136 g/mol. The lowest BCUT2D eigenvalue weighted by Crippen LogP contribution is -2.34. The SMILES string of the molecule is C[C@H]1CC[C@@H](C(C)(C)C)OC1. The number of rotatable bonds is 0. The Bertz CT molecular complexity index is 115. The first-order valence-electron chi connectivity index (χ1n) is 4.62. The van der Waals surface area contributed by atoms with Gasteiger partial charge in [0.1, 0.15) is 0 Å². The van der Waals surface area contributed by atoms with Gasteiger partial charge in [-0.2, -0.15) is 0 Å². The molecule has 0 spiro atoms. The second-order valence-corrected chi connectivity index (χ2v) is 4.87. The highest BCUT2D eigenvalue weighted by Crippen LogP contribution is 2.30. The van der Waals surface area contributed by atoms with Gasteiger partial charge in [-0.05, 0) is 24.2 Å². The van der Waals surface area contributed by atoms with Gasteiger partial charge in [0.25, 0.3) is 0 Å². The summed E-state index contributed by atoms with van der Waals surface area (Å²) in [6, 6.07) is 0. The quantitative estimate of drug-likeness (QED) is 0.524. The van der Waals surface area contributed by atoms with E-state index < -0.39 is 0 Å². The van der Waals surface area contributed by atoms with Crippen molar-refractivity contribution in [3.63, 3.8) is 0 Å². The molecule has 1 heterocycles. The Labute approximate surface area is 70.1 Å². The van der Waals surface area contributed by atoms with Crippen molar-refractivity contribution in [1.29, 1.82) is 0 Å².